The van der Waals surface area contributed by atoms with Gasteiger partial charge in [0.25, 0.3) is 0 Å². The van der Waals surface area contributed by atoms with Crippen LogP contribution in [0.1, 0.15) is 16.7 Å². The number of hydrogen-bond donors (Lipinski definition) is 1. The van der Waals surface area contributed by atoms with E-state index in [4.69, 9.17) is 4.42 Å². The van der Waals surface area contributed by atoms with Crippen molar-refractivity contribution in [1.82, 2.24) is 4.90 Å². The Morgan fingerprint density at radius 2 is 1.93 bits per heavy atom. The molecule has 0 unspecified atom stereocenters. The third-order valence-electron chi connectivity index (χ3n) is 4.42. The van der Waals surface area contributed by atoms with Gasteiger partial charge < -0.3 is 14.6 Å². The van der Waals surface area contributed by atoms with Gasteiger partial charge in [0.2, 0.25) is 11.8 Å². The van der Waals surface area contributed by atoms with Crippen molar-refractivity contribution in [3.63, 3.8) is 0 Å². The number of nitrogens with zero attached hydrogens (tertiary/aromatic N) is 1. The lowest BCUT2D eigenvalue weighted by Crippen LogP contribution is -2.35. The van der Waals surface area contributed by atoms with Crippen molar-refractivity contribution in [1.29, 1.82) is 0 Å². The van der Waals surface area contributed by atoms with Gasteiger partial charge in [-0.1, -0.05) is 28.1 Å². The van der Waals surface area contributed by atoms with Crippen LogP contribution in [-0.2, 0) is 16.0 Å². The third kappa shape index (κ3) is 4.57. The van der Waals surface area contributed by atoms with E-state index in [-0.39, 0.29) is 24.8 Å². The Balaban J connectivity index is 1.62. The third-order valence-corrected chi connectivity index (χ3v) is 4.92. The van der Waals surface area contributed by atoms with Crippen molar-refractivity contribution >= 4 is 44.4 Å². The summed E-state index contributed by atoms with van der Waals surface area (Å²) < 4.78 is 6.49. The van der Waals surface area contributed by atoms with Crippen molar-refractivity contribution in [3.05, 3.63) is 63.8 Å². The molecule has 0 aliphatic carbocycles. The molecule has 0 saturated carbocycles. The molecule has 5 nitrogen and oxygen atoms in total. The number of rotatable bonds is 5. The Kier molecular flexibility index (Phi) is 5.65. The van der Waals surface area contributed by atoms with Gasteiger partial charge in [0.15, 0.2) is 0 Å². The number of benzene rings is 2. The van der Waals surface area contributed by atoms with E-state index in [2.05, 4.69) is 21.2 Å². The summed E-state index contributed by atoms with van der Waals surface area (Å²) in [6, 6.07) is 11.5. The fourth-order valence-electron chi connectivity index (χ4n) is 2.89. The first kappa shape index (κ1) is 19.2. The Hall–Kier alpha value is -2.60. The minimum Gasteiger partial charge on any atom is -0.464 e. The van der Waals surface area contributed by atoms with E-state index in [1.807, 2.05) is 50.2 Å². The van der Waals surface area contributed by atoms with Gasteiger partial charge in [0, 0.05) is 28.2 Å². The van der Waals surface area contributed by atoms with Crippen molar-refractivity contribution < 1.29 is 14.0 Å². The number of nitrogens with one attached hydrogen (secondary N) is 1. The van der Waals surface area contributed by atoms with Gasteiger partial charge in [0.1, 0.15) is 5.58 Å². The van der Waals surface area contributed by atoms with E-state index in [1.165, 1.54) is 4.90 Å². The molecule has 0 bridgehead atoms. The van der Waals surface area contributed by atoms with E-state index in [9.17, 15) is 9.59 Å². The van der Waals surface area contributed by atoms with Crippen molar-refractivity contribution in [2.45, 2.75) is 20.3 Å². The molecule has 0 saturated heterocycles. The molecular formula is C21H21BrN2O3. The van der Waals surface area contributed by atoms with Crippen LogP contribution in [-0.4, -0.2) is 30.3 Å². The first-order chi connectivity index (χ1) is 12.8. The molecule has 0 radical (unpaired) electrons. The van der Waals surface area contributed by atoms with Gasteiger partial charge in [-0.3, -0.25) is 9.59 Å². The highest BCUT2D eigenvalue weighted by atomic mass is 79.9. The zero-order chi connectivity index (χ0) is 19.6. The van der Waals surface area contributed by atoms with E-state index in [1.54, 1.807) is 13.3 Å². The number of carbonyl (C=O) groups is 2. The fourth-order valence-corrected chi connectivity index (χ4v) is 3.36. The molecule has 3 rings (SSSR count). The number of fused-ring (bicyclic) bond motifs is 1. The lowest BCUT2D eigenvalue weighted by molar-refractivity contribution is -0.132. The Bertz CT molecular complexity index is 1010. The van der Waals surface area contributed by atoms with Crippen LogP contribution in [0.3, 0.4) is 0 Å². The second kappa shape index (κ2) is 7.96. The highest BCUT2D eigenvalue weighted by Crippen LogP contribution is 2.23. The van der Waals surface area contributed by atoms with Crippen LogP contribution in [0.5, 0.6) is 0 Å². The summed E-state index contributed by atoms with van der Waals surface area (Å²) in [4.78, 5) is 26.2. The summed E-state index contributed by atoms with van der Waals surface area (Å²) in [5.74, 6) is -0.370. The maximum atomic E-state index is 12.5. The quantitative estimate of drug-likeness (QED) is 0.652. The van der Waals surface area contributed by atoms with E-state index >= 15 is 0 Å². The molecule has 140 valence electrons. The molecule has 1 heterocycles. The van der Waals surface area contributed by atoms with E-state index < -0.39 is 0 Å². The van der Waals surface area contributed by atoms with Crippen LogP contribution in [0.2, 0.25) is 0 Å². The Labute approximate surface area is 166 Å². The minimum absolute atomic E-state index is 0.0107. The highest BCUT2D eigenvalue weighted by Gasteiger charge is 2.17. The molecule has 0 aliphatic heterocycles. The van der Waals surface area contributed by atoms with Gasteiger partial charge in [-0.2, -0.15) is 0 Å². The van der Waals surface area contributed by atoms with Crippen LogP contribution in [0.15, 0.2) is 51.6 Å². The number of hydrogen-bond acceptors (Lipinski definition) is 3. The lowest BCUT2D eigenvalue weighted by atomic mass is 10.1. The molecule has 1 N–H and O–H groups in total. The smallest absolute Gasteiger partial charge is 0.243 e. The van der Waals surface area contributed by atoms with Gasteiger partial charge in [-0.15, -0.1) is 0 Å². The van der Waals surface area contributed by atoms with Gasteiger partial charge >= 0.3 is 0 Å². The minimum atomic E-state index is -0.232. The molecule has 6 heteroatoms. The number of halogens is 1. The summed E-state index contributed by atoms with van der Waals surface area (Å²) in [7, 11) is 1.63. The molecule has 2 amide bonds. The van der Waals surface area contributed by atoms with Crippen LogP contribution >= 0.6 is 15.9 Å². The van der Waals surface area contributed by atoms with Crippen LogP contribution in [0.4, 0.5) is 5.69 Å². The van der Waals surface area contributed by atoms with Crippen molar-refractivity contribution in [3.8, 4) is 0 Å². The summed E-state index contributed by atoms with van der Waals surface area (Å²) in [5, 5.41) is 3.77. The largest absolute Gasteiger partial charge is 0.464 e. The maximum Gasteiger partial charge on any atom is 0.243 e. The zero-order valence-corrected chi connectivity index (χ0v) is 17.1. The highest BCUT2D eigenvalue weighted by molar-refractivity contribution is 9.10. The number of likely N-dealkylation sites (N-methyl/N-ethyl adjacent to an activating group) is 1. The van der Waals surface area contributed by atoms with Crippen LogP contribution in [0, 0.1) is 13.8 Å². The average Bonchev–Trinajstić information content (AvgIpc) is 2.99. The van der Waals surface area contributed by atoms with Crippen molar-refractivity contribution in [2.75, 3.05) is 18.9 Å². The van der Waals surface area contributed by atoms with E-state index in [0.717, 1.165) is 37.8 Å². The van der Waals surface area contributed by atoms with Gasteiger partial charge in [-0.25, -0.2) is 0 Å². The first-order valence-electron chi connectivity index (χ1n) is 8.60. The molecule has 0 spiro atoms. The number of anilines is 1. The van der Waals surface area contributed by atoms with Crippen LogP contribution < -0.4 is 5.32 Å². The molecule has 1 aromatic heterocycles. The second-order valence-corrected chi connectivity index (χ2v) is 7.61. The SMILES string of the molecule is Cc1ccc2c(CC(=O)N(C)CC(=O)Nc3ccc(Br)cc3C)coc2c1. The topological polar surface area (TPSA) is 62.6 Å². The lowest BCUT2D eigenvalue weighted by Gasteiger charge is -2.17. The summed E-state index contributed by atoms with van der Waals surface area (Å²) in [5.41, 5.74) is 4.38. The predicted molar refractivity (Wildman–Crippen MR) is 110 cm³/mol. The summed E-state index contributed by atoms with van der Waals surface area (Å²) >= 11 is 3.40. The van der Waals surface area contributed by atoms with Gasteiger partial charge in [-0.05, 0) is 49.2 Å². The molecule has 0 aliphatic rings. The molecule has 3 aromatic rings. The number of carbonyl (C=O) groups excluding carboxylic acids is 2. The second-order valence-electron chi connectivity index (χ2n) is 6.69. The number of aryl methyl sites for hydroxylation is 2. The number of furan rings is 1. The van der Waals surface area contributed by atoms with Crippen LogP contribution in [0.25, 0.3) is 11.0 Å². The number of amides is 2. The molecule has 0 fully saturated rings. The monoisotopic (exact) mass is 428 g/mol. The predicted octanol–water partition coefficient (Wildman–Crippen LogP) is 4.45. The fraction of sp³-hybridized carbons (Fsp3) is 0.238. The maximum absolute atomic E-state index is 12.5. The first-order valence-corrected chi connectivity index (χ1v) is 9.39. The summed E-state index contributed by atoms with van der Waals surface area (Å²) in [6.45, 7) is 3.90. The molecule has 0 atom stereocenters. The molecule has 2 aromatic carbocycles. The average molecular weight is 429 g/mol. The Morgan fingerprint density at radius 1 is 1.15 bits per heavy atom. The Morgan fingerprint density at radius 3 is 2.67 bits per heavy atom. The normalized spacial score (nSPS) is 10.8. The zero-order valence-electron chi connectivity index (χ0n) is 15.5. The van der Waals surface area contributed by atoms with Gasteiger partial charge in [0.05, 0.1) is 19.2 Å². The van der Waals surface area contributed by atoms with Crippen molar-refractivity contribution in [2.24, 2.45) is 0 Å². The summed E-state index contributed by atoms with van der Waals surface area (Å²) in [6.07, 6.45) is 1.80. The standard InChI is InChI=1S/C21H21BrN2O3/c1-13-4-6-17-15(12-27-19(17)8-13)10-21(26)24(3)11-20(25)23-18-7-5-16(22)9-14(18)2/h4-9,12H,10-11H2,1-3H3,(H,23,25). The molecular weight excluding hydrogens is 408 g/mol. The molecule has 27 heavy (non-hydrogen) atoms. The van der Waals surface area contributed by atoms with E-state index in [0.29, 0.717) is 0 Å².